The Hall–Kier alpha value is -2.51. The van der Waals surface area contributed by atoms with E-state index in [2.05, 4.69) is 51.5 Å². The second-order valence-corrected chi connectivity index (χ2v) is 6.88. The van der Waals surface area contributed by atoms with Gasteiger partial charge >= 0.3 is 0 Å². The zero-order valence-corrected chi connectivity index (χ0v) is 15.9. The molecule has 7 heteroatoms. The first-order chi connectivity index (χ1) is 13.1. The van der Waals surface area contributed by atoms with Crippen LogP contribution in [0.1, 0.15) is 35.8 Å². The van der Waals surface area contributed by atoms with E-state index >= 15 is 0 Å². The van der Waals surface area contributed by atoms with Gasteiger partial charge in [-0.25, -0.2) is 9.97 Å². The van der Waals surface area contributed by atoms with E-state index in [1.54, 1.807) is 12.3 Å². The fourth-order valence-corrected chi connectivity index (χ4v) is 2.87. The molecule has 0 unspecified atom stereocenters. The molecule has 144 valence electrons. The summed E-state index contributed by atoms with van der Waals surface area (Å²) in [4.78, 5) is 23.1. The van der Waals surface area contributed by atoms with Crippen molar-refractivity contribution in [2.45, 2.75) is 19.8 Å². The number of carbonyl (C=O) groups excluding carboxylic acids is 1. The molecule has 0 spiro atoms. The third-order valence-corrected chi connectivity index (χ3v) is 4.54. The summed E-state index contributed by atoms with van der Waals surface area (Å²) < 4.78 is 5.32. The number of rotatable bonds is 7. The molecule has 1 aromatic heterocycles. The lowest BCUT2D eigenvalue weighted by atomic mass is 10.0. The number of anilines is 2. The second kappa shape index (κ2) is 9.43. The van der Waals surface area contributed by atoms with Crippen LogP contribution in [0.4, 0.5) is 11.6 Å². The van der Waals surface area contributed by atoms with E-state index in [0.29, 0.717) is 24.1 Å². The summed E-state index contributed by atoms with van der Waals surface area (Å²) in [5.41, 5.74) is 2.52. The van der Waals surface area contributed by atoms with Crippen molar-refractivity contribution in [1.29, 1.82) is 0 Å². The van der Waals surface area contributed by atoms with Crippen molar-refractivity contribution in [3.8, 4) is 0 Å². The molecule has 0 radical (unpaired) electrons. The minimum atomic E-state index is -0.191. The van der Waals surface area contributed by atoms with Crippen LogP contribution in [0.3, 0.4) is 0 Å². The summed E-state index contributed by atoms with van der Waals surface area (Å²) in [5.74, 6) is 0.705. The predicted octanol–water partition coefficient (Wildman–Crippen LogP) is 2.41. The smallest absolute Gasteiger partial charge is 0.270 e. The van der Waals surface area contributed by atoms with Gasteiger partial charge in [-0.2, -0.15) is 0 Å². The molecule has 0 aliphatic carbocycles. The summed E-state index contributed by atoms with van der Waals surface area (Å²) in [7, 11) is 0. The minimum Gasteiger partial charge on any atom is -0.379 e. The molecule has 1 saturated heterocycles. The fraction of sp³-hybridized carbons (Fsp3) is 0.450. The number of hydrogen-bond acceptors (Lipinski definition) is 6. The van der Waals surface area contributed by atoms with Gasteiger partial charge in [0, 0.05) is 38.1 Å². The number of aromatic nitrogens is 2. The SMILES string of the molecule is CC(C)c1ccc(Nc2nccc(C(=O)NCCN3CCOCC3)n2)cc1. The van der Waals surface area contributed by atoms with Gasteiger partial charge in [-0.05, 0) is 29.7 Å². The number of benzene rings is 1. The number of nitrogens with one attached hydrogen (secondary N) is 2. The van der Waals surface area contributed by atoms with Crippen molar-refractivity contribution in [3.05, 3.63) is 47.8 Å². The van der Waals surface area contributed by atoms with Crippen LogP contribution >= 0.6 is 0 Å². The van der Waals surface area contributed by atoms with Crippen LogP contribution in [0, 0.1) is 0 Å². The number of ether oxygens (including phenoxy) is 1. The normalized spacial score (nSPS) is 14.9. The van der Waals surface area contributed by atoms with Crippen molar-refractivity contribution in [3.63, 3.8) is 0 Å². The van der Waals surface area contributed by atoms with E-state index in [-0.39, 0.29) is 5.91 Å². The van der Waals surface area contributed by atoms with E-state index in [1.165, 1.54) is 5.56 Å². The summed E-state index contributed by atoms with van der Waals surface area (Å²) in [6, 6.07) is 9.77. The highest BCUT2D eigenvalue weighted by atomic mass is 16.5. The average molecular weight is 369 g/mol. The zero-order chi connectivity index (χ0) is 19.1. The van der Waals surface area contributed by atoms with Crippen LogP contribution in [-0.2, 0) is 4.74 Å². The van der Waals surface area contributed by atoms with Gasteiger partial charge in [0.15, 0.2) is 0 Å². The van der Waals surface area contributed by atoms with E-state index in [1.807, 2.05) is 12.1 Å². The number of carbonyl (C=O) groups is 1. The van der Waals surface area contributed by atoms with E-state index in [4.69, 9.17) is 4.74 Å². The maximum absolute atomic E-state index is 12.3. The number of hydrogen-bond donors (Lipinski definition) is 2. The maximum Gasteiger partial charge on any atom is 0.270 e. The third kappa shape index (κ3) is 5.74. The summed E-state index contributed by atoms with van der Waals surface area (Å²) >= 11 is 0. The Morgan fingerprint density at radius 2 is 1.93 bits per heavy atom. The van der Waals surface area contributed by atoms with Gasteiger partial charge in [-0.1, -0.05) is 26.0 Å². The van der Waals surface area contributed by atoms with E-state index < -0.39 is 0 Å². The Labute approximate surface area is 160 Å². The quantitative estimate of drug-likeness (QED) is 0.780. The van der Waals surface area contributed by atoms with Gasteiger partial charge in [0.05, 0.1) is 13.2 Å². The topological polar surface area (TPSA) is 79.4 Å². The van der Waals surface area contributed by atoms with Crippen LogP contribution in [0.2, 0.25) is 0 Å². The Bertz CT molecular complexity index is 742. The van der Waals surface area contributed by atoms with Crippen molar-refractivity contribution in [2.24, 2.45) is 0 Å². The van der Waals surface area contributed by atoms with Gasteiger partial charge in [0.2, 0.25) is 5.95 Å². The van der Waals surface area contributed by atoms with Crippen LogP contribution in [0.15, 0.2) is 36.5 Å². The molecule has 1 aliphatic rings. The first-order valence-corrected chi connectivity index (χ1v) is 9.40. The molecule has 1 aromatic carbocycles. The molecular formula is C20H27N5O2. The van der Waals surface area contributed by atoms with Crippen molar-refractivity contribution in [1.82, 2.24) is 20.2 Å². The molecule has 0 atom stereocenters. The maximum atomic E-state index is 12.3. The molecule has 1 amide bonds. The van der Waals surface area contributed by atoms with Gasteiger partial charge < -0.3 is 15.4 Å². The Kier molecular flexibility index (Phi) is 6.73. The van der Waals surface area contributed by atoms with Gasteiger partial charge in [0.25, 0.3) is 5.91 Å². The molecule has 2 N–H and O–H groups in total. The van der Waals surface area contributed by atoms with Crippen molar-refractivity contribution >= 4 is 17.5 Å². The lowest BCUT2D eigenvalue weighted by Gasteiger charge is -2.26. The molecule has 0 saturated carbocycles. The van der Waals surface area contributed by atoms with E-state index in [0.717, 1.165) is 38.5 Å². The largest absolute Gasteiger partial charge is 0.379 e. The highest BCUT2D eigenvalue weighted by Gasteiger charge is 2.12. The standard InChI is InChI=1S/C20H27N5O2/c1-15(2)16-3-5-17(6-4-16)23-20-22-8-7-18(24-20)19(26)21-9-10-25-11-13-27-14-12-25/h3-8,15H,9-14H2,1-2H3,(H,21,26)(H,22,23,24). The lowest BCUT2D eigenvalue weighted by Crippen LogP contribution is -2.41. The highest BCUT2D eigenvalue weighted by Crippen LogP contribution is 2.19. The molecule has 0 bridgehead atoms. The van der Waals surface area contributed by atoms with Gasteiger partial charge in [0.1, 0.15) is 5.69 Å². The average Bonchev–Trinajstić information content (AvgIpc) is 2.69. The Morgan fingerprint density at radius 1 is 1.19 bits per heavy atom. The first kappa shape index (κ1) is 19.3. The Morgan fingerprint density at radius 3 is 2.63 bits per heavy atom. The van der Waals surface area contributed by atoms with Crippen LogP contribution in [0.5, 0.6) is 0 Å². The predicted molar refractivity (Wildman–Crippen MR) is 105 cm³/mol. The van der Waals surface area contributed by atoms with Gasteiger partial charge in [-0.15, -0.1) is 0 Å². The van der Waals surface area contributed by atoms with Crippen LogP contribution in [0.25, 0.3) is 0 Å². The number of morpholine rings is 1. The molecular weight excluding hydrogens is 342 g/mol. The minimum absolute atomic E-state index is 0.191. The first-order valence-electron chi connectivity index (χ1n) is 9.40. The molecule has 2 aromatic rings. The summed E-state index contributed by atoms with van der Waals surface area (Å²) in [6.07, 6.45) is 1.59. The van der Waals surface area contributed by atoms with Crippen LogP contribution < -0.4 is 10.6 Å². The number of nitrogens with zero attached hydrogens (tertiary/aromatic N) is 3. The molecule has 7 nitrogen and oxygen atoms in total. The van der Waals surface area contributed by atoms with E-state index in [9.17, 15) is 4.79 Å². The lowest BCUT2D eigenvalue weighted by molar-refractivity contribution is 0.0383. The number of amides is 1. The summed E-state index contributed by atoms with van der Waals surface area (Å²) in [5, 5.41) is 6.07. The van der Waals surface area contributed by atoms with Gasteiger partial charge in [-0.3, -0.25) is 9.69 Å². The summed E-state index contributed by atoms with van der Waals surface area (Å²) in [6.45, 7) is 9.05. The second-order valence-electron chi connectivity index (χ2n) is 6.88. The zero-order valence-electron chi connectivity index (χ0n) is 15.9. The molecule has 1 fully saturated rings. The monoisotopic (exact) mass is 369 g/mol. The van der Waals surface area contributed by atoms with Crippen molar-refractivity contribution < 1.29 is 9.53 Å². The highest BCUT2D eigenvalue weighted by molar-refractivity contribution is 5.92. The molecule has 3 rings (SSSR count). The van der Waals surface area contributed by atoms with Crippen LogP contribution in [-0.4, -0.2) is 60.2 Å². The molecule has 1 aliphatic heterocycles. The van der Waals surface area contributed by atoms with Crippen molar-refractivity contribution in [2.75, 3.05) is 44.7 Å². The molecule has 2 heterocycles. The third-order valence-electron chi connectivity index (χ3n) is 4.54. The fourth-order valence-electron chi connectivity index (χ4n) is 2.87. The molecule has 27 heavy (non-hydrogen) atoms. The Balaban J connectivity index is 1.53.